The van der Waals surface area contributed by atoms with Crippen LogP contribution >= 0.6 is 0 Å². The lowest BCUT2D eigenvalue weighted by atomic mass is 10.0. The van der Waals surface area contributed by atoms with E-state index in [0.717, 1.165) is 24.0 Å². The van der Waals surface area contributed by atoms with Gasteiger partial charge in [0.05, 0.1) is 12.7 Å². The summed E-state index contributed by atoms with van der Waals surface area (Å²) in [6.07, 6.45) is 1.56. The zero-order chi connectivity index (χ0) is 21.2. The molecule has 1 aliphatic carbocycles. The van der Waals surface area contributed by atoms with Gasteiger partial charge in [0.25, 0.3) is 0 Å². The van der Waals surface area contributed by atoms with E-state index in [1.165, 1.54) is 25.3 Å². The fourth-order valence-corrected chi connectivity index (χ4v) is 4.33. The molecular formula is C21H23NO6S. The van der Waals surface area contributed by atoms with Gasteiger partial charge in [-0.05, 0) is 56.5 Å². The van der Waals surface area contributed by atoms with Gasteiger partial charge in [-0.2, -0.15) is 0 Å². The zero-order valence-corrected chi connectivity index (χ0v) is 17.3. The molecule has 2 aromatic rings. The molecule has 0 heterocycles. The van der Waals surface area contributed by atoms with E-state index >= 15 is 0 Å². The van der Waals surface area contributed by atoms with Crippen LogP contribution in [0.5, 0.6) is 5.75 Å². The molecule has 1 fully saturated rings. The Kier molecular flexibility index (Phi) is 6.04. The van der Waals surface area contributed by atoms with Crippen LogP contribution in [-0.2, 0) is 14.8 Å². The smallest absolute Gasteiger partial charge is 0.338 e. The van der Waals surface area contributed by atoms with Gasteiger partial charge in [0.15, 0.2) is 6.61 Å². The third-order valence-corrected chi connectivity index (χ3v) is 6.16. The van der Waals surface area contributed by atoms with Crippen molar-refractivity contribution in [2.24, 2.45) is 0 Å². The maximum atomic E-state index is 12.6. The summed E-state index contributed by atoms with van der Waals surface area (Å²) in [4.78, 5) is 24.7. The molecule has 0 unspecified atom stereocenters. The van der Waals surface area contributed by atoms with Gasteiger partial charge < -0.3 is 9.47 Å². The lowest BCUT2D eigenvalue weighted by molar-refractivity contribution is 0.0474. The summed E-state index contributed by atoms with van der Waals surface area (Å²) in [6.45, 7) is 3.25. The molecule has 2 aromatic carbocycles. The highest BCUT2D eigenvalue weighted by Crippen LogP contribution is 2.28. The van der Waals surface area contributed by atoms with Crippen LogP contribution in [0.4, 0.5) is 0 Å². The average molecular weight is 417 g/mol. The number of carbonyl (C=O) groups is 2. The molecule has 0 atom stereocenters. The minimum atomic E-state index is -3.83. The first-order valence-corrected chi connectivity index (χ1v) is 10.7. The van der Waals surface area contributed by atoms with Crippen LogP contribution in [-0.4, -0.2) is 39.9 Å². The van der Waals surface area contributed by atoms with Crippen molar-refractivity contribution in [3.05, 3.63) is 58.7 Å². The topological polar surface area (TPSA) is 98.8 Å². The number of hydrogen-bond donors (Lipinski definition) is 1. The maximum Gasteiger partial charge on any atom is 0.338 e. The van der Waals surface area contributed by atoms with Crippen molar-refractivity contribution >= 4 is 21.8 Å². The summed E-state index contributed by atoms with van der Waals surface area (Å²) in [5.74, 6) is -0.980. The van der Waals surface area contributed by atoms with Gasteiger partial charge in [-0.1, -0.05) is 17.7 Å². The van der Waals surface area contributed by atoms with Gasteiger partial charge >= 0.3 is 5.97 Å². The molecule has 1 N–H and O–H groups in total. The van der Waals surface area contributed by atoms with E-state index in [0.29, 0.717) is 5.56 Å². The standard InChI is InChI=1S/C21H23NO6S/c1-13-4-5-14(2)17(10-13)18(23)12-28-21(24)15-6-9-19(27-3)20(11-15)29(25,26)22-16-7-8-16/h4-6,9-11,16,22H,7-8,12H2,1-3H3. The van der Waals surface area contributed by atoms with Crippen molar-refractivity contribution in [3.8, 4) is 5.75 Å². The summed E-state index contributed by atoms with van der Waals surface area (Å²) in [5, 5.41) is 0. The monoisotopic (exact) mass is 417 g/mol. The van der Waals surface area contributed by atoms with Gasteiger partial charge in [-0.15, -0.1) is 0 Å². The van der Waals surface area contributed by atoms with Crippen molar-refractivity contribution in [2.75, 3.05) is 13.7 Å². The molecule has 7 nitrogen and oxygen atoms in total. The molecule has 1 saturated carbocycles. The Hall–Kier alpha value is -2.71. The van der Waals surface area contributed by atoms with Crippen molar-refractivity contribution in [3.63, 3.8) is 0 Å². The molecular weight excluding hydrogens is 394 g/mol. The number of aryl methyl sites for hydroxylation is 2. The van der Waals surface area contributed by atoms with E-state index < -0.39 is 22.6 Å². The van der Waals surface area contributed by atoms with Gasteiger partial charge in [-0.3, -0.25) is 4.79 Å². The number of hydrogen-bond acceptors (Lipinski definition) is 6. The predicted molar refractivity (Wildman–Crippen MR) is 107 cm³/mol. The molecule has 8 heteroatoms. The largest absolute Gasteiger partial charge is 0.495 e. The third kappa shape index (κ3) is 5.02. The second kappa shape index (κ2) is 8.34. The van der Waals surface area contributed by atoms with Crippen LogP contribution in [0.3, 0.4) is 0 Å². The third-order valence-electron chi connectivity index (χ3n) is 4.62. The summed E-state index contributed by atoms with van der Waals surface area (Å²) < 4.78 is 37.9. The van der Waals surface area contributed by atoms with Crippen molar-refractivity contribution in [1.29, 1.82) is 0 Å². The molecule has 0 spiro atoms. The van der Waals surface area contributed by atoms with Gasteiger partial charge in [0, 0.05) is 11.6 Å². The normalized spacial score (nSPS) is 13.8. The highest BCUT2D eigenvalue weighted by molar-refractivity contribution is 7.89. The van der Waals surface area contributed by atoms with Crippen LogP contribution < -0.4 is 9.46 Å². The summed E-state index contributed by atoms with van der Waals surface area (Å²) in [5.41, 5.74) is 2.24. The number of methoxy groups -OCH3 is 1. The van der Waals surface area contributed by atoms with E-state index in [-0.39, 0.29) is 28.0 Å². The van der Waals surface area contributed by atoms with Crippen LogP contribution in [0.25, 0.3) is 0 Å². The Morgan fingerprint density at radius 3 is 2.48 bits per heavy atom. The van der Waals surface area contributed by atoms with Crippen molar-refractivity contribution < 1.29 is 27.5 Å². The number of benzene rings is 2. The minimum absolute atomic E-state index is 0.0238. The first kappa shape index (κ1) is 21.0. The number of ketones is 1. The number of carbonyl (C=O) groups excluding carboxylic acids is 2. The van der Waals surface area contributed by atoms with Gasteiger partial charge in [-0.25, -0.2) is 17.9 Å². The summed E-state index contributed by atoms with van der Waals surface area (Å²) in [7, 11) is -2.48. The van der Waals surface area contributed by atoms with Gasteiger partial charge in [0.1, 0.15) is 10.6 Å². The highest BCUT2D eigenvalue weighted by Gasteiger charge is 2.30. The molecule has 0 saturated heterocycles. The first-order valence-electron chi connectivity index (χ1n) is 9.19. The van der Waals surface area contributed by atoms with E-state index in [1.54, 1.807) is 6.07 Å². The highest BCUT2D eigenvalue weighted by atomic mass is 32.2. The van der Waals surface area contributed by atoms with Crippen LogP contribution in [0.15, 0.2) is 41.3 Å². The molecule has 3 rings (SSSR count). The van der Waals surface area contributed by atoms with E-state index in [1.807, 2.05) is 26.0 Å². The lowest BCUT2D eigenvalue weighted by Crippen LogP contribution is -2.26. The molecule has 1 aliphatic rings. The Labute approximate surface area is 170 Å². The molecule has 0 bridgehead atoms. The average Bonchev–Trinajstić information content (AvgIpc) is 3.50. The minimum Gasteiger partial charge on any atom is -0.495 e. The predicted octanol–water partition coefficient (Wildman–Crippen LogP) is 2.79. The van der Waals surface area contributed by atoms with Crippen LogP contribution in [0, 0.1) is 13.8 Å². The SMILES string of the molecule is COc1ccc(C(=O)OCC(=O)c2cc(C)ccc2C)cc1S(=O)(=O)NC1CC1. The van der Waals surface area contributed by atoms with Crippen LogP contribution in [0.1, 0.15) is 44.7 Å². The zero-order valence-electron chi connectivity index (χ0n) is 16.5. The Morgan fingerprint density at radius 1 is 1.10 bits per heavy atom. The summed E-state index contributed by atoms with van der Waals surface area (Å²) in [6, 6.07) is 9.38. The number of nitrogens with one attached hydrogen (secondary N) is 1. The Bertz CT molecular complexity index is 1060. The lowest BCUT2D eigenvalue weighted by Gasteiger charge is -2.12. The first-order chi connectivity index (χ1) is 13.7. The number of sulfonamides is 1. The van der Waals surface area contributed by atoms with E-state index in [4.69, 9.17) is 9.47 Å². The molecule has 29 heavy (non-hydrogen) atoms. The Morgan fingerprint density at radius 2 is 1.83 bits per heavy atom. The molecule has 0 aliphatic heterocycles. The quantitative estimate of drug-likeness (QED) is 0.524. The molecule has 0 aromatic heterocycles. The molecule has 154 valence electrons. The number of ether oxygens (including phenoxy) is 2. The fourth-order valence-electron chi connectivity index (χ4n) is 2.83. The summed E-state index contributed by atoms with van der Waals surface area (Å²) >= 11 is 0. The van der Waals surface area contributed by atoms with Crippen molar-refractivity contribution in [1.82, 2.24) is 4.72 Å². The number of esters is 1. The molecule has 0 radical (unpaired) electrons. The number of rotatable bonds is 8. The second-order valence-electron chi connectivity index (χ2n) is 7.08. The molecule has 0 amide bonds. The second-order valence-corrected chi connectivity index (χ2v) is 8.76. The fraction of sp³-hybridized carbons (Fsp3) is 0.333. The van der Waals surface area contributed by atoms with E-state index in [9.17, 15) is 18.0 Å². The van der Waals surface area contributed by atoms with Crippen molar-refractivity contribution in [2.45, 2.75) is 37.6 Å². The van der Waals surface area contributed by atoms with Gasteiger partial charge in [0.2, 0.25) is 15.8 Å². The number of Topliss-reactive ketones (excluding diaryl/α,β-unsaturated/α-hetero) is 1. The maximum absolute atomic E-state index is 12.6. The van der Waals surface area contributed by atoms with Crippen LogP contribution in [0.2, 0.25) is 0 Å². The van der Waals surface area contributed by atoms with E-state index in [2.05, 4.69) is 4.72 Å². The Balaban J connectivity index is 1.76.